The molecule has 0 aliphatic heterocycles. The molecule has 0 fully saturated rings. The lowest BCUT2D eigenvalue weighted by Gasteiger charge is -2.04. The van der Waals surface area contributed by atoms with Crippen LogP contribution in [-0.4, -0.2) is 22.8 Å². The van der Waals surface area contributed by atoms with E-state index in [-0.39, 0.29) is 5.75 Å². The molecule has 1 aromatic rings. The highest BCUT2D eigenvalue weighted by Gasteiger charge is 2.05. The Bertz CT molecular complexity index is 324. The van der Waals surface area contributed by atoms with Crippen molar-refractivity contribution in [1.29, 1.82) is 0 Å². The predicted molar refractivity (Wildman–Crippen MR) is 41.2 cm³/mol. The monoisotopic (exact) mass is 186 g/mol. The molecule has 0 spiro atoms. The molecule has 0 aromatic heterocycles. The smallest absolute Gasteiger partial charge is 0.341 e. The molecule has 0 unspecified atom stereocenters. The number of carbonyl (C=O) groups is 1. The number of phenols is 1. The number of hydrogen-bond donors (Lipinski definition) is 2. The minimum Gasteiger partial charge on any atom is -0.504 e. The minimum absolute atomic E-state index is 0.0520. The SMILES string of the molecule is O=C(O)COc1ccc(F)cc1O. The largest absolute Gasteiger partial charge is 0.504 e. The molecule has 5 heteroatoms. The number of carboxylic acids is 1. The maximum Gasteiger partial charge on any atom is 0.341 e. The van der Waals surface area contributed by atoms with Crippen molar-refractivity contribution >= 4 is 5.97 Å². The summed E-state index contributed by atoms with van der Waals surface area (Å²) in [6.07, 6.45) is 0. The van der Waals surface area contributed by atoms with E-state index in [1.165, 1.54) is 0 Å². The average molecular weight is 186 g/mol. The van der Waals surface area contributed by atoms with Crippen LogP contribution in [0.5, 0.6) is 11.5 Å². The van der Waals surface area contributed by atoms with Crippen molar-refractivity contribution in [3.05, 3.63) is 24.0 Å². The molecule has 1 aromatic carbocycles. The first-order valence-corrected chi connectivity index (χ1v) is 3.42. The Hall–Kier alpha value is -1.78. The summed E-state index contributed by atoms with van der Waals surface area (Å²) in [5.41, 5.74) is 0. The summed E-state index contributed by atoms with van der Waals surface area (Å²) in [5.74, 6) is -2.24. The van der Waals surface area contributed by atoms with Crippen LogP contribution in [0.3, 0.4) is 0 Å². The first kappa shape index (κ1) is 9.31. The predicted octanol–water partition coefficient (Wildman–Crippen LogP) is 0.995. The van der Waals surface area contributed by atoms with Crippen LogP contribution in [0.1, 0.15) is 0 Å². The number of halogens is 1. The Labute approximate surface area is 73.2 Å². The lowest BCUT2D eigenvalue weighted by Crippen LogP contribution is -2.09. The van der Waals surface area contributed by atoms with Crippen molar-refractivity contribution in [2.45, 2.75) is 0 Å². The number of aromatic hydroxyl groups is 1. The van der Waals surface area contributed by atoms with Crippen LogP contribution >= 0.6 is 0 Å². The van der Waals surface area contributed by atoms with E-state index in [4.69, 9.17) is 10.2 Å². The zero-order valence-electron chi connectivity index (χ0n) is 6.53. The van der Waals surface area contributed by atoms with Gasteiger partial charge in [0.25, 0.3) is 0 Å². The number of aliphatic carboxylic acids is 1. The Morgan fingerprint density at radius 3 is 2.77 bits per heavy atom. The lowest BCUT2D eigenvalue weighted by molar-refractivity contribution is -0.139. The van der Waals surface area contributed by atoms with Crippen LogP contribution in [0.2, 0.25) is 0 Å². The maximum absolute atomic E-state index is 12.4. The quantitative estimate of drug-likeness (QED) is 0.738. The molecule has 0 aliphatic carbocycles. The first-order valence-electron chi connectivity index (χ1n) is 3.42. The molecule has 0 radical (unpaired) electrons. The van der Waals surface area contributed by atoms with Gasteiger partial charge >= 0.3 is 5.97 Å². The fourth-order valence-electron chi connectivity index (χ4n) is 0.752. The van der Waals surface area contributed by atoms with Gasteiger partial charge in [0.15, 0.2) is 18.1 Å². The third-order valence-corrected chi connectivity index (χ3v) is 1.27. The summed E-state index contributed by atoms with van der Waals surface area (Å²) in [6.45, 7) is -0.570. The van der Waals surface area contributed by atoms with E-state index in [1.807, 2.05) is 0 Å². The summed E-state index contributed by atoms with van der Waals surface area (Å²) in [7, 11) is 0. The number of ether oxygens (including phenoxy) is 1. The molecule has 0 saturated carbocycles. The molecule has 0 bridgehead atoms. The summed E-state index contributed by atoms with van der Waals surface area (Å²) in [4.78, 5) is 10.1. The molecule has 0 amide bonds. The van der Waals surface area contributed by atoms with E-state index in [0.29, 0.717) is 0 Å². The summed E-state index contributed by atoms with van der Waals surface area (Å²) in [5, 5.41) is 17.3. The van der Waals surface area contributed by atoms with E-state index >= 15 is 0 Å². The van der Waals surface area contributed by atoms with Crippen LogP contribution in [0.15, 0.2) is 18.2 Å². The van der Waals surface area contributed by atoms with Crippen molar-refractivity contribution < 1.29 is 24.1 Å². The van der Waals surface area contributed by atoms with E-state index in [0.717, 1.165) is 18.2 Å². The molecular formula is C8H7FO4. The number of rotatable bonds is 3. The minimum atomic E-state index is -1.16. The molecule has 1 rings (SSSR count). The Morgan fingerprint density at radius 1 is 1.54 bits per heavy atom. The van der Waals surface area contributed by atoms with Gasteiger partial charge < -0.3 is 14.9 Å². The topological polar surface area (TPSA) is 66.8 Å². The Kier molecular flexibility index (Phi) is 2.69. The van der Waals surface area contributed by atoms with Crippen molar-refractivity contribution in [2.75, 3.05) is 6.61 Å². The average Bonchev–Trinajstić information content (AvgIpc) is 2.02. The zero-order valence-corrected chi connectivity index (χ0v) is 6.53. The molecule has 70 valence electrons. The van der Waals surface area contributed by atoms with Gasteiger partial charge in [-0.05, 0) is 12.1 Å². The van der Waals surface area contributed by atoms with Crippen LogP contribution < -0.4 is 4.74 Å². The van der Waals surface area contributed by atoms with E-state index < -0.39 is 24.1 Å². The Morgan fingerprint density at radius 2 is 2.23 bits per heavy atom. The van der Waals surface area contributed by atoms with Crippen molar-refractivity contribution in [3.8, 4) is 11.5 Å². The first-order chi connectivity index (χ1) is 6.09. The van der Waals surface area contributed by atoms with Gasteiger partial charge in [-0.1, -0.05) is 0 Å². The summed E-state index contributed by atoms with van der Waals surface area (Å²) in [6, 6.07) is 3.07. The second kappa shape index (κ2) is 3.75. The van der Waals surface area contributed by atoms with Gasteiger partial charge in [0.05, 0.1) is 0 Å². The summed E-state index contributed by atoms with van der Waals surface area (Å²) >= 11 is 0. The maximum atomic E-state index is 12.4. The molecular weight excluding hydrogens is 179 g/mol. The van der Waals surface area contributed by atoms with Crippen LogP contribution in [0.4, 0.5) is 4.39 Å². The van der Waals surface area contributed by atoms with E-state index in [9.17, 15) is 9.18 Å². The number of phenolic OH excluding ortho intramolecular Hbond substituents is 1. The molecule has 4 nitrogen and oxygen atoms in total. The van der Waals surface area contributed by atoms with Gasteiger partial charge in [-0.25, -0.2) is 9.18 Å². The third-order valence-electron chi connectivity index (χ3n) is 1.27. The molecule has 0 aliphatic rings. The second-order valence-electron chi connectivity index (χ2n) is 2.29. The number of hydrogen-bond acceptors (Lipinski definition) is 3. The fourth-order valence-corrected chi connectivity index (χ4v) is 0.752. The van der Waals surface area contributed by atoms with E-state index in [1.54, 1.807) is 0 Å². The highest BCUT2D eigenvalue weighted by atomic mass is 19.1. The molecule has 13 heavy (non-hydrogen) atoms. The van der Waals surface area contributed by atoms with Crippen molar-refractivity contribution in [2.24, 2.45) is 0 Å². The van der Waals surface area contributed by atoms with Crippen molar-refractivity contribution in [3.63, 3.8) is 0 Å². The second-order valence-corrected chi connectivity index (χ2v) is 2.29. The molecule has 0 heterocycles. The van der Waals surface area contributed by atoms with Crippen LogP contribution in [0.25, 0.3) is 0 Å². The zero-order chi connectivity index (χ0) is 9.84. The lowest BCUT2D eigenvalue weighted by atomic mass is 10.3. The van der Waals surface area contributed by atoms with Gasteiger partial charge in [-0.15, -0.1) is 0 Å². The molecule has 2 N–H and O–H groups in total. The Balaban J connectivity index is 2.72. The van der Waals surface area contributed by atoms with E-state index in [2.05, 4.69) is 4.74 Å². The van der Waals surface area contributed by atoms with Gasteiger partial charge in [0.2, 0.25) is 0 Å². The van der Waals surface area contributed by atoms with Gasteiger partial charge in [-0.2, -0.15) is 0 Å². The van der Waals surface area contributed by atoms with Gasteiger partial charge in [-0.3, -0.25) is 0 Å². The normalized spacial score (nSPS) is 9.62. The molecule has 0 atom stereocenters. The van der Waals surface area contributed by atoms with Gasteiger partial charge in [0, 0.05) is 6.07 Å². The number of carboxylic acid groups (broad SMARTS) is 1. The summed E-state index contributed by atoms with van der Waals surface area (Å²) < 4.78 is 17.1. The fraction of sp³-hybridized carbons (Fsp3) is 0.125. The highest BCUT2D eigenvalue weighted by molar-refractivity contribution is 5.68. The third kappa shape index (κ3) is 2.62. The van der Waals surface area contributed by atoms with Crippen LogP contribution in [0, 0.1) is 5.82 Å². The standard InChI is InChI=1S/C8H7FO4/c9-5-1-2-7(6(10)3-5)13-4-8(11)12/h1-3,10H,4H2,(H,11,12). The van der Waals surface area contributed by atoms with Gasteiger partial charge in [0.1, 0.15) is 5.82 Å². The van der Waals surface area contributed by atoms with Crippen molar-refractivity contribution in [1.82, 2.24) is 0 Å². The number of benzene rings is 1. The molecule has 0 saturated heterocycles. The van der Waals surface area contributed by atoms with Crippen LogP contribution in [-0.2, 0) is 4.79 Å². The highest BCUT2D eigenvalue weighted by Crippen LogP contribution is 2.25.